The molecule has 1 aromatic carbocycles. The molecule has 0 fully saturated rings. The lowest BCUT2D eigenvalue weighted by Crippen LogP contribution is -2.39. The molecule has 0 atom stereocenters. The molecule has 0 unspecified atom stereocenters. The van der Waals surface area contributed by atoms with Crippen LogP contribution in [0.4, 0.5) is 13.2 Å². The summed E-state index contributed by atoms with van der Waals surface area (Å²) in [7, 11) is 1.48. The number of alkyl halides is 3. The summed E-state index contributed by atoms with van der Waals surface area (Å²) in [6, 6.07) is 6.28. The highest BCUT2D eigenvalue weighted by molar-refractivity contribution is 6.11. The van der Waals surface area contributed by atoms with E-state index in [9.17, 15) is 22.8 Å². The quantitative estimate of drug-likeness (QED) is 0.575. The van der Waals surface area contributed by atoms with Crippen LogP contribution >= 0.6 is 0 Å². The van der Waals surface area contributed by atoms with Crippen molar-refractivity contribution >= 4 is 5.78 Å². The number of Topliss-reactive ketones (excluding diaryl/α,β-unsaturated/α-hetero) is 1. The van der Waals surface area contributed by atoms with Crippen molar-refractivity contribution in [2.75, 3.05) is 7.11 Å². The second-order valence-electron chi connectivity index (χ2n) is 7.24. The van der Waals surface area contributed by atoms with Gasteiger partial charge in [-0.15, -0.1) is 13.2 Å². The summed E-state index contributed by atoms with van der Waals surface area (Å²) in [4.78, 5) is 26.1. The van der Waals surface area contributed by atoms with Crippen LogP contribution in [0.3, 0.4) is 0 Å². The predicted octanol–water partition coefficient (Wildman–Crippen LogP) is 5.77. The Morgan fingerprint density at radius 1 is 1.06 bits per heavy atom. The van der Waals surface area contributed by atoms with E-state index in [-0.39, 0.29) is 22.6 Å². The highest BCUT2D eigenvalue weighted by Gasteiger charge is 2.47. The smallest absolute Gasteiger partial charge is 0.500 e. The van der Waals surface area contributed by atoms with Crippen LogP contribution in [0.2, 0.25) is 0 Å². The largest absolute Gasteiger partial charge is 0.573 e. The predicted molar refractivity (Wildman–Crippen MR) is 108 cm³/mol. The van der Waals surface area contributed by atoms with E-state index in [1.807, 2.05) is 20.8 Å². The summed E-state index contributed by atoms with van der Waals surface area (Å²) in [6.45, 7) is 5.62. The zero-order valence-corrected chi connectivity index (χ0v) is 17.7. The Morgan fingerprint density at radius 3 is 2.29 bits per heavy atom. The third-order valence-electron chi connectivity index (χ3n) is 5.71. The fourth-order valence-electron chi connectivity index (χ4n) is 4.21. The molecule has 1 aliphatic carbocycles. The van der Waals surface area contributed by atoms with E-state index in [1.54, 1.807) is 0 Å². The van der Waals surface area contributed by atoms with Crippen molar-refractivity contribution in [3.8, 4) is 17.1 Å². The molecule has 0 amide bonds. The number of hydrogen-bond acceptors (Lipinski definition) is 5. The van der Waals surface area contributed by atoms with Gasteiger partial charge in [0.2, 0.25) is 0 Å². The fraction of sp³-hybridized carbons (Fsp3) is 0.391. The van der Waals surface area contributed by atoms with Crippen LogP contribution in [0.5, 0.6) is 5.75 Å². The minimum absolute atomic E-state index is 0.0471. The first-order valence-electron chi connectivity index (χ1n) is 9.98. The lowest BCUT2D eigenvalue weighted by molar-refractivity contribution is -0.274. The van der Waals surface area contributed by atoms with Crippen LogP contribution in [0.15, 0.2) is 50.9 Å². The average molecular weight is 436 g/mol. The summed E-state index contributed by atoms with van der Waals surface area (Å²) in [5.74, 6) is -0.190. The van der Waals surface area contributed by atoms with Crippen LogP contribution in [0.1, 0.15) is 56.2 Å². The Morgan fingerprint density at radius 2 is 1.74 bits per heavy atom. The number of ketones is 1. The number of carbonyl (C=O) groups excluding carboxylic acids is 1. The number of allylic oxidation sites excluding steroid dienone is 2. The summed E-state index contributed by atoms with van der Waals surface area (Å²) in [6.07, 6.45) is -3.46. The average Bonchev–Trinajstić information content (AvgIpc) is 2.72. The van der Waals surface area contributed by atoms with Gasteiger partial charge in [0.15, 0.2) is 11.2 Å². The van der Waals surface area contributed by atoms with Crippen LogP contribution in [-0.4, -0.2) is 19.3 Å². The van der Waals surface area contributed by atoms with E-state index in [4.69, 9.17) is 9.15 Å². The molecule has 8 heteroatoms. The minimum Gasteiger partial charge on any atom is -0.500 e. The van der Waals surface area contributed by atoms with Gasteiger partial charge in [-0.1, -0.05) is 32.9 Å². The van der Waals surface area contributed by atoms with E-state index in [2.05, 4.69) is 4.74 Å². The third kappa shape index (κ3) is 3.86. The van der Waals surface area contributed by atoms with Gasteiger partial charge in [0, 0.05) is 17.2 Å². The van der Waals surface area contributed by atoms with E-state index < -0.39 is 28.7 Å². The zero-order chi connectivity index (χ0) is 23.0. The molecule has 0 radical (unpaired) electrons. The van der Waals surface area contributed by atoms with Gasteiger partial charge in [-0.05, 0) is 31.4 Å². The maximum absolute atomic E-state index is 13.1. The van der Waals surface area contributed by atoms with E-state index >= 15 is 0 Å². The molecule has 0 bridgehead atoms. The minimum atomic E-state index is -4.85. The van der Waals surface area contributed by atoms with Crippen molar-refractivity contribution in [1.29, 1.82) is 0 Å². The number of methoxy groups -OCH3 is 1. The zero-order valence-electron chi connectivity index (χ0n) is 17.7. The number of hydrogen-bond donors (Lipinski definition) is 0. The van der Waals surface area contributed by atoms with Crippen molar-refractivity contribution in [2.45, 2.75) is 51.8 Å². The Labute approximate surface area is 177 Å². The van der Waals surface area contributed by atoms with Gasteiger partial charge in [0.1, 0.15) is 28.6 Å². The molecule has 0 saturated heterocycles. The summed E-state index contributed by atoms with van der Waals surface area (Å²) < 4.78 is 53.5. The summed E-state index contributed by atoms with van der Waals surface area (Å²) >= 11 is 0. The summed E-state index contributed by atoms with van der Waals surface area (Å²) in [5.41, 5.74) is -0.777. The number of fused-ring (bicyclic) bond motifs is 1. The van der Waals surface area contributed by atoms with E-state index in [0.717, 1.165) is 18.2 Å². The monoisotopic (exact) mass is 436 g/mol. The molecule has 31 heavy (non-hydrogen) atoms. The van der Waals surface area contributed by atoms with Crippen molar-refractivity contribution in [1.82, 2.24) is 0 Å². The number of benzene rings is 1. The van der Waals surface area contributed by atoms with Crippen LogP contribution in [-0.2, 0) is 10.2 Å². The van der Waals surface area contributed by atoms with Crippen LogP contribution in [0, 0.1) is 0 Å². The van der Waals surface area contributed by atoms with Crippen molar-refractivity contribution in [3.05, 3.63) is 63.2 Å². The molecule has 0 N–H and O–H groups in total. The first kappa shape index (κ1) is 22.7. The highest BCUT2D eigenvalue weighted by Crippen LogP contribution is 2.47. The van der Waals surface area contributed by atoms with Gasteiger partial charge >= 0.3 is 6.36 Å². The first-order valence-corrected chi connectivity index (χ1v) is 9.98. The molecule has 1 aliphatic rings. The topological polar surface area (TPSA) is 65.7 Å². The number of rotatable bonds is 6. The van der Waals surface area contributed by atoms with E-state index in [0.29, 0.717) is 30.6 Å². The van der Waals surface area contributed by atoms with E-state index in [1.165, 1.54) is 19.2 Å². The van der Waals surface area contributed by atoms with Gasteiger partial charge in [0.05, 0.1) is 12.5 Å². The van der Waals surface area contributed by atoms with Crippen molar-refractivity contribution < 1.29 is 31.9 Å². The molecule has 0 saturated carbocycles. The second-order valence-corrected chi connectivity index (χ2v) is 7.24. The highest BCUT2D eigenvalue weighted by atomic mass is 19.4. The molecule has 0 aliphatic heterocycles. The second kappa shape index (κ2) is 8.24. The standard InChI is InChI=1S/C23H23F3O5/c1-5-15-19(28)18-16(27)12-17(13-9-8-10-14(11-13)31-23(24,25)26)30-21(18)22(6-2,7-3)20(15)29-4/h8-12H,5-7H2,1-4H3. The fourth-order valence-corrected chi connectivity index (χ4v) is 4.21. The summed E-state index contributed by atoms with van der Waals surface area (Å²) in [5, 5.41) is 0. The Bertz CT molecular complexity index is 1090. The molecular formula is C23H23F3O5. The molecule has 1 heterocycles. The number of halogens is 3. The van der Waals surface area contributed by atoms with Gasteiger partial charge in [-0.2, -0.15) is 0 Å². The molecule has 0 spiro atoms. The molecule has 1 aromatic heterocycles. The Kier molecular flexibility index (Phi) is 6.02. The number of ether oxygens (including phenoxy) is 2. The van der Waals surface area contributed by atoms with Gasteiger partial charge in [-0.25, -0.2) is 0 Å². The first-order chi connectivity index (χ1) is 14.6. The van der Waals surface area contributed by atoms with Gasteiger partial charge in [-0.3, -0.25) is 9.59 Å². The SMILES string of the molecule is CCC1=C(OC)C(CC)(CC)c2oc(-c3cccc(OC(F)(F)F)c3)cc(=O)c2C1=O. The molecule has 166 valence electrons. The maximum Gasteiger partial charge on any atom is 0.573 e. The molecule has 3 rings (SSSR count). The molecule has 2 aromatic rings. The third-order valence-corrected chi connectivity index (χ3v) is 5.71. The lowest BCUT2D eigenvalue weighted by atomic mass is 9.69. The normalized spacial score (nSPS) is 15.6. The van der Waals surface area contributed by atoms with Crippen LogP contribution < -0.4 is 10.2 Å². The Hall–Kier alpha value is -3.03. The van der Waals surface area contributed by atoms with Crippen molar-refractivity contribution in [3.63, 3.8) is 0 Å². The maximum atomic E-state index is 13.1. The van der Waals surface area contributed by atoms with Gasteiger partial charge < -0.3 is 13.9 Å². The Balaban J connectivity index is 2.26. The van der Waals surface area contributed by atoms with Crippen LogP contribution in [0.25, 0.3) is 11.3 Å². The lowest BCUT2D eigenvalue weighted by Gasteiger charge is -2.37. The van der Waals surface area contributed by atoms with Crippen molar-refractivity contribution in [2.24, 2.45) is 0 Å². The van der Waals surface area contributed by atoms with Gasteiger partial charge in [0.25, 0.3) is 0 Å². The molecular weight excluding hydrogens is 413 g/mol. The number of carbonyl (C=O) groups is 1. The molecule has 5 nitrogen and oxygen atoms in total.